The highest BCUT2D eigenvalue weighted by molar-refractivity contribution is 4.94. The molecule has 1 aliphatic rings. The molecule has 1 fully saturated rings. The number of piperidine rings is 1. The molecule has 0 bridgehead atoms. The Kier molecular flexibility index (Phi) is 3.90. The normalized spacial score (nSPS) is 19.9. The minimum Gasteiger partial charge on any atom is -0.339 e. The molecule has 0 aliphatic carbocycles. The molecule has 90 valence electrons. The maximum absolute atomic E-state index is 6.07. The second-order valence-electron chi connectivity index (χ2n) is 4.37. The zero-order valence-corrected chi connectivity index (χ0v) is 9.85. The van der Waals surface area contributed by atoms with Gasteiger partial charge in [0.25, 0.3) is 0 Å². The van der Waals surface area contributed by atoms with E-state index < -0.39 is 0 Å². The Balaban J connectivity index is 1.88. The Morgan fingerprint density at radius 2 is 2.12 bits per heavy atom. The molecule has 1 aliphatic heterocycles. The molecule has 1 unspecified atom stereocenters. The Bertz CT molecular complexity index is 320. The molecule has 0 amide bonds. The van der Waals surface area contributed by atoms with E-state index in [9.17, 15) is 0 Å². The summed E-state index contributed by atoms with van der Waals surface area (Å²) in [6.45, 7) is 5.12. The first-order valence-electron chi connectivity index (χ1n) is 6.10. The third kappa shape index (κ3) is 2.80. The van der Waals surface area contributed by atoms with Gasteiger partial charge in [-0.2, -0.15) is 4.98 Å². The molecule has 2 heterocycles. The topological polar surface area (TPSA) is 68.2 Å². The first kappa shape index (κ1) is 11.5. The van der Waals surface area contributed by atoms with Crippen molar-refractivity contribution in [3.63, 3.8) is 0 Å². The molecule has 1 saturated heterocycles. The fraction of sp³-hybridized carbons (Fsp3) is 0.818. The van der Waals surface area contributed by atoms with E-state index in [1.165, 1.54) is 19.3 Å². The fourth-order valence-corrected chi connectivity index (χ4v) is 2.06. The average molecular weight is 224 g/mol. The van der Waals surface area contributed by atoms with E-state index in [1.807, 2.05) is 6.92 Å². The molecule has 0 spiro atoms. The average Bonchev–Trinajstić information content (AvgIpc) is 2.79. The SMILES string of the molecule is CCc1nc(C(N)CN2CCCCC2)no1. The second-order valence-corrected chi connectivity index (χ2v) is 4.37. The van der Waals surface area contributed by atoms with E-state index in [0.717, 1.165) is 26.1 Å². The van der Waals surface area contributed by atoms with Crippen LogP contribution >= 0.6 is 0 Å². The van der Waals surface area contributed by atoms with Crippen LogP contribution in [0.2, 0.25) is 0 Å². The maximum Gasteiger partial charge on any atom is 0.226 e. The van der Waals surface area contributed by atoms with Crippen LogP contribution in [0.25, 0.3) is 0 Å². The smallest absolute Gasteiger partial charge is 0.226 e. The van der Waals surface area contributed by atoms with E-state index in [4.69, 9.17) is 10.3 Å². The lowest BCUT2D eigenvalue weighted by molar-refractivity contribution is 0.213. The van der Waals surface area contributed by atoms with E-state index in [2.05, 4.69) is 15.0 Å². The molecule has 5 heteroatoms. The van der Waals surface area contributed by atoms with Gasteiger partial charge in [-0.05, 0) is 25.9 Å². The van der Waals surface area contributed by atoms with Gasteiger partial charge in [0, 0.05) is 13.0 Å². The zero-order chi connectivity index (χ0) is 11.4. The van der Waals surface area contributed by atoms with Crippen LogP contribution in [0.1, 0.15) is 43.9 Å². The van der Waals surface area contributed by atoms with Crippen LogP contribution in [0.4, 0.5) is 0 Å². The van der Waals surface area contributed by atoms with E-state index in [1.54, 1.807) is 0 Å². The van der Waals surface area contributed by atoms with Gasteiger partial charge >= 0.3 is 0 Å². The van der Waals surface area contributed by atoms with Crippen LogP contribution in [0, 0.1) is 0 Å². The summed E-state index contributed by atoms with van der Waals surface area (Å²) in [5.41, 5.74) is 6.07. The number of hydrogen-bond donors (Lipinski definition) is 1. The van der Waals surface area contributed by atoms with Crippen molar-refractivity contribution in [3.05, 3.63) is 11.7 Å². The Morgan fingerprint density at radius 1 is 1.38 bits per heavy atom. The minimum atomic E-state index is -0.123. The third-order valence-electron chi connectivity index (χ3n) is 3.02. The van der Waals surface area contributed by atoms with Gasteiger partial charge in [0.2, 0.25) is 5.89 Å². The lowest BCUT2D eigenvalue weighted by atomic mass is 10.1. The first-order chi connectivity index (χ1) is 7.79. The summed E-state index contributed by atoms with van der Waals surface area (Å²) in [5.74, 6) is 1.31. The van der Waals surface area contributed by atoms with Crippen molar-refractivity contribution in [1.29, 1.82) is 0 Å². The van der Waals surface area contributed by atoms with Crippen LogP contribution in [-0.2, 0) is 6.42 Å². The predicted molar refractivity (Wildman–Crippen MR) is 60.9 cm³/mol. The van der Waals surface area contributed by atoms with Gasteiger partial charge in [0.15, 0.2) is 5.82 Å². The number of rotatable bonds is 4. The van der Waals surface area contributed by atoms with Crippen molar-refractivity contribution in [2.24, 2.45) is 5.73 Å². The van der Waals surface area contributed by atoms with Gasteiger partial charge in [-0.1, -0.05) is 18.5 Å². The van der Waals surface area contributed by atoms with Gasteiger partial charge in [-0.3, -0.25) is 0 Å². The second kappa shape index (κ2) is 5.41. The van der Waals surface area contributed by atoms with Gasteiger partial charge < -0.3 is 15.2 Å². The lowest BCUT2D eigenvalue weighted by Crippen LogP contribution is -2.36. The van der Waals surface area contributed by atoms with Crippen LogP contribution in [-0.4, -0.2) is 34.7 Å². The summed E-state index contributed by atoms with van der Waals surface area (Å²) in [5, 5.41) is 3.91. The fourth-order valence-electron chi connectivity index (χ4n) is 2.06. The predicted octanol–water partition coefficient (Wildman–Crippen LogP) is 1.12. The Labute approximate surface area is 96.0 Å². The molecular formula is C11H20N4O. The van der Waals surface area contributed by atoms with Gasteiger partial charge in [0.05, 0.1) is 6.04 Å². The molecule has 2 N–H and O–H groups in total. The van der Waals surface area contributed by atoms with Crippen molar-refractivity contribution in [2.45, 2.75) is 38.6 Å². The van der Waals surface area contributed by atoms with Crippen LogP contribution in [0.5, 0.6) is 0 Å². The molecule has 1 aromatic heterocycles. The highest BCUT2D eigenvalue weighted by Crippen LogP contribution is 2.13. The number of nitrogens with two attached hydrogens (primary N) is 1. The van der Waals surface area contributed by atoms with Gasteiger partial charge in [-0.25, -0.2) is 0 Å². The van der Waals surface area contributed by atoms with E-state index in [-0.39, 0.29) is 6.04 Å². The molecule has 0 saturated carbocycles. The zero-order valence-electron chi connectivity index (χ0n) is 9.85. The summed E-state index contributed by atoms with van der Waals surface area (Å²) in [7, 11) is 0. The molecule has 5 nitrogen and oxygen atoms in total. The van der Waals surface area contributed by atoms with E-state index >= 15 is 0 Å². The first-order valence-corrected chi connectivity index (χ1v) is 6.10. The standard InChI is InChI=1S/C11H20N4O/c1-2-10-13-11(14-16-10)9(12)8-15-6-4-3-5-7-15/h9H,2-8,12H2,1H3. The summed E-state index contributed by atoms with van der Waals surface area (Å²) in [4.78, 5) is 6.65. The Morgan fingerprint density at radius 3 is 2.75 bits per heavy atom. The largest absolute Gasteiger partial charge is 0.339 e. The van der Waals surface area contributed by atoms with Crippen molar-refractivity contribution in [2.75, 3.05) is 19.6 Å². The summed E-state index contributed by atoms with van der Waals surface area (Å²) >= 11 is 0. The highest BCUT2D eigenvalue weighted by atomic mass is 16.5. The molecule has 1 aromatic rings. The lowest BCUT2D eigenvalue weighted by Gasteiger charge is -2.27. The number of hydrogen-bond acceptors (Lipinski definition) is 5. The quantitative estimate of drug-likeness (QED) is 0.830. The minimum absolute atomic E-state index is 0.123. The summed E-state index contributed by atoms with van der Waals surface area (Å²) < 4.78 is 5.06. The molecule has 1 atom stereocenters. The summed E-state index contributed by atoms with van der Waals surface area (Å²) in [6.07, 6.45) is 4.66. The Hall–Kier alpha value is -0.940. The number of aromatic nitrogens is 2. The van der Waals surface area contributed by atoms with Gasteiger partial charge in [-0.15, -0.1) is 0 Å². The molecular weight excluding hydrogens is 204 g/mol. The molecule has 0 aromatic carbocycles. The van der Waals surface area contributed by atoms with Crippen LogP contribution in [0.3, 0.4) is 0 Å². The number of aryl methyl sites for hydroxylation is 1. The van der Waals surface area contributed by atoms with Crippen LogP contribution < -0.4 is 5.73 Å². The third-order valence-corrected chi connectivity index (χ3v) is 3.02. The van der Waals surface area contributed by atoms with Crippen molar-refractivity contribution in [1.82, 2.24) is 15.0 Å². The summed E-state index contributed by atoms with van der Waals surface area (Å²) in [6, 6.07) is -0.123. The van der Waals surface area contributed by atoms with Crippen molar-refractivity contribution >= 4 is 0 Å². The van der Waals surface area contributed by atoms with Gasteiger partial charge in [0.1, 0.15) is 0 Å². The number of likely N-dealkylation sites (tertiary alicyclic amines) is 1. The van der Waals surface area contributed by atoms with Crippen molar-refractivity contribution in [3.8, 4) is 0 Å². The van der Waals surface area contributed by atoms with Crippen molar-refractivity contribution < 1.29 is 4.52 Å². The molecule has 16 heavy (non-hydrogen) atoms. The van der Waals surface area contributed by atoms with Crippen LogP contribution in [0.15, 0.2) is 4.52 Å². The maximum atomic E-state index is 6.07. The molecule has 2 rings (SSSR count). The van der Waals surface area contributed by atoms with E-state index in [0.29, 0.717) is 11.7 Å². The monoisotopic (exact) mass is 224 g/mol. The highest BCUT2D eigenvalue weighted by Gasteiger charge is 2.18. The molecule has 0 radical (unpaired) electrons. The number of nitrogens with zero attached hydrogens (tertiary/aromatic N) is 3.